The van der Waals surface area contributed by atoms with Crippen LogP contribution in [0, 0.1) is 0 Å². The average molecular weight is 264 g/mol. The van der Waals surface area contributed by atoms with Crippen molar-refractivity contribution in [1.82, 2.24) is 4.90 Å². The van der Waals surface area contributed by atoms with Crippen LogP contribution in [-0.2, 0) is 16.0 Å². The van der Waals surface area contributed by atoms with Crippen molar-refractivity contribution in [3.63, 3.8) is 0 Å². The third-order valence-corrected chi connectivity index (χ3v) is 3.29. The van der Waals surface area contributed by atoms with Crippen LogP contribution in [0.1, 0.15) is 5.56 Å². The van der Waals surface area contributed by atoms with Gasteiger partial charge in [0.15, 0.2) is 0 Å². The zero-order valence-electron chi connectivity index (χ0n) is 11.2. The maximum atomic E-state index is 12.3. The van der Waals surface area contributed by atoms with Crippen molar-refractivity contribution in [1.29, 1.82) is 0 Å². The van der Waals surface area contributed by atoms with Crippen molar-refractivity contribution < 1.29 is 14.3 Å². The summed E-state index contributed by atoms with van der Waals surface area (Å²) in [7, 11) is 1.61. The van der Waals surface area contributed by atoms with Gasteiger partial charge in [0.1, 0.15) is 5.75 Å². The van der Waals surface area contributed by atoms with Gasteiger partial charge in [-0.2, -0.15) is 0 Å². The number of hydrogen-bond donors (Lipinski definition) is 1. The molecule has 0 spiro atoms. The first-order valence-corrected chi connectivity index (χ1v) is 6.46. The smallest absolute Gasteiger partial charge is 0.227 e. The van der Waals surface area contributed by atoms with Crippen LogP contribution >= 0.6 is 0 Å². The summed E-state index contributed by atoms with van der Waals surface area (Å²) < 4.78 is 10.7. The maximum Gasteiger partial charge on any atom is 0.227 e. The fraction of sp³-hybridized carbons (Fsp3) is 0.500. The van der Waals surface area contributed by atoms with Crippen molar-refractivity contribution in [2.45, 2.75) is 12.5 Å². The van der Waals surface area contributed by atoms with E-state index < -0.39 is 0 Å². The zero-order valence-corrected chi connectivity index (χ0v) is 11.2. The number of para-hydroxylation sites is 1. The first-order valence-electron chi connectivity index (χ1n) is 6.46. The highest BCUT2D eigenvalue weighted by Crippen LogP contribution is 2.19. The van der Waals surface area contributed by atoms with Crippen molar-refractivity contribution in [2.75, 3.05) is 33.4 Å². The van der Waals surface area contributed by atoms with Crippen LogP contribution in [0.25, 0.3) is 0 Å². The molecule has 5 nitrogen and oxygen atoms in total. The Bertz CT molecular complexity index is 436. The molecule has 104 valence electrons. The molecular weight excluding hydrogens is 244 g/mol. The first-order chi connectivity index (χ1) is 9.24. The Morgan fingerprint density at radius 2 is 2.32 bits per heavy atom. The number of carbonyl (C=O) groups is 1. The number of ether oxygens (including phenoxy) is 2. The van der Waals surface area contributed by atoms with E-state index >= 15 is 0 Å². The maximum absolute atomic E-state index is 12.3. The van der Waals surface area contributed by atoms with Gasteiger partial charge in [-0.15, -0.1) is 0 Å². The highest BCUT2D eigenvalue weighted by molar-refractivity contribution is 5.79. The van der Waals surface area contributed by atoms with E-state index in [2.05, 4.69) is 0 Å². The van der Waals surface area contributed by atoms with Crippen molar-refractivity contribution in [2.24, 2.45) is 5.73 Å². The van der Waals surface area contributed by atoms with Gasteiger partial charge in [-0.3, -0.25) is 4.79 Å². The monoisotopic (exact) mass is 264 g/mol. The van der Waals surface area contributed by atoms with E-state index in [0.717, 1.165) is 11.3 Å². The van der Waals surface area contributed by atoms with Crippen molar-refractivity contribution in [3.8, 4) is 5.75 Å². The molecule has 1 amide bonds. The SMILES string of the molecule is COc1ccccc1CC(=O)N1CCO[C@@H](CN)C1. The number of morpholine rings is 1. The van der Waals surface area contributed by atoms with Crippen LogP contribution < -0.4 is 10.5 Å². The van der Waals surface area contributed by atoms with E-state index in [-0.39, 0.29) is 12.0 Å². The Labute approximate surface area is 113 Å². The van der Waals surface area contributed by atoms with Gasteiger partial charge in [0.25, 0.3) is 0 Å². The molecule has 0 unspecified atom stereocenters. The Morgan fingerprint density at radius 1 is 1.53 bits per heavy atom. The number of carbonyl (C=O) groups excluding carboxylic acids is 1. The lowest BCUT2D eigenvalue weighted by Gasteiger charge is -2.32. The molecule has 2 N–H and O–H groups in total. The van der Waals surface area contributed by atoms with Gasteiger partial charge in [-0.1, -0.05) is 18.2 Å². The molecule has 5 heteroatoms. The third kappa shape index (κ3) is 3.45. The molecule has 1 aliphatic rings. The molecule has 19 heavy (non-hydrogen) atoms. The van der Waals surface area contributed by atoms with E-state index in [1.54, 1.807) is 7.11 Å². The second-order valence-electron chi connectivity index (χ2n) is 4.56. The molecule has 1 aliphatic heterocycles. The van der Waals surface area contributed by atoms with Crippen molar-refractivity contribution >= 4 is 5.91 Å². The summed E-state index contributed by atoms with van der Waals surface area (Å²) in [4.78, 5) is 14.1. The normalized spacial score (nSPS) is 19.3. The lowest BCUT2D eigenvalue weighted by Crippen LogP contribution is -2.48. The van der Waals surface area contributed by atoms with Gasteiger partial charge in [0, 0.05) is 25.2 Å². The molecule has 0 aliphatic carbocycles. The minimum atomic E-state index is -0.0460. The lowest BCUT2D eigenvalue weighted by atomic mass is 10.1. The summed E-state index contributed by atoms with van der Waals surface area (Å²) in [5.41, 5.74) is 6.49. The summed E-state index contributed by atoms with van der Waals surface area (Å²) in [6.07, 6.45) is 0.303. The molecule has 0 bridgehead atoms. The standard InChI is InChI=1S/C14H20N2O3/c1-18-13-5-3-2-4-11(13)8-14(17)16-6-7-19-12(9-15)10-16/h2-5,12H,6-10,15H2,1H3/t12-/m0/s1. The molecule has 1 aromatic rings. The number of rotatable bonds is 4. The average Bonchev–Trinajstić information content (AvgIpc) is 2.47. The van der Waals surface area contributed by atoms with Crippen LogP contribution in [0.15, 0.2) is 24.3 Å². The van der Waals surface area contributed by atoms with Gasteiger partial charge in [0.2, 0.25) is 5.91 Å². The minimum absolute atomic E-state index is 0.0460. The molecule has 0 saturated carbocycles. The molecule has 1 heterocycles. The van der Waals surface area contributed by atoms with Crippen LogP contribution in [0.3, 0.4) is 0 Å². The quantitative estimate of drug-likeness (QED) is 0.856. The molecular formula is C14H20N2O3. The number of methoxy groups -OCH3 is 1. The summed E-state index contributed by atoms with van der Waals surface area (Å²) in [5.74, 6) is 0.839. The molecule has 1 saturated heterocycles. The summed E-state index contributed by atoms with van der Waals surface area (Å²) in [6, 6.07) is 7.58. The van der Waals surface area contributed by atoms with Crippen molar-refractivity contribution in [3.05, 3.63) is 29.8 Å². The van der Waals surface area contributed by atoms with Gasteiger partial charge < -0.3 is 20.1 Å². The molecule has 0 radical (unpaired) electrons. The highest BCUT2D eigenvalue weighted by Gasteiger charge is 2.23. The number of nitrogens with zero attached hydrogens (tertiary/aromatic N) is 1. The van der Waals surface area contributed by atoms with E-state index in [9.17, 15) is 4.79 Å². The molecule has 2 rings (SSSR count). The Balaban J connectivity index is 2.00. The number of amides is 1. The van der Waals surface area contributed by atoms with Gasteiger partial charge in [0.05, 0.1) is 26.2 Å². The topological polar surface area (TPSA) is 64.8 Å². The fourth-order valence-corrected chi connectivity index (χ4v) is 2.21. The number of nitrogens with two attached hydrogens (primary N) is 1. The predicted molar refractivity (Wildman–Crippen MR) is 72.1 cm³/mol. The van der Waals surface area contributed by atoms with E-state index in [4.69, 9.17) is 15.2 Å². The zero-order chi connectivity index (χ0) is 13.7. The summed E-state index contributed by atoms with van der Waals surface area (Å²) in [5, 5.41) is 0. The number of benzene rings is 1. The summed E-state index contributed by atoms with van der Waals surface area (Å²) >= 11 is 0. The van der Waals surface area contributed by atoms with Gasteiger partial charge in [-0.05, 0) is 6.07 Å². The minimum Gasteiger partial charge on any atom is -0.496 e. The summed E-state index contributed by atoms with van der Waals surface area (Å²) in [6.45, 7) is 2.20. The molecule has 1 fully saturated rings. The van der Waals surface area contributed by atoms with E-state index in [1.807, 2.05) is 29.2 Å². The fourth-order valence-electron chi connectivity index (χ4n) is 2.21. The molecule has 0 aromatic heterocycles. The van der Waals surface area contributed by atoms with E-state index in [1.165, 1.54) is 0 Å². The largest absolute Gasteiger partial charge is 0.496 e. The lowest BCUT2D eigenvalue weighted by molar-refractivity contribution is -0.137. The third-order valence-electron chi connectivity index (χ3n) is 3.29. The van der Waals surface area contributed by atoms with Crippen LogP contribution in [0.2, 0.25) is 0 Å². The van der Waals surface area contributed by atoms with Gasteiger partial charge >= 0.3 is 0 Å². The van der Waals surface area contributed by atoms with E-state index in [0.29, 0.717) is 32.7 Å². The van der Waals surface area contributed by atoms with Crippen LogP contribution in [-0.4, -0.2) is 50.3 Å². The Morgan fingerprint density at radius 3 is 3.05 bits per heavy atom. The van der Waals surface area contributed by atoms with Crippen LogP contribution in [0.5, 0.6) is 5.75 Å². The second-order valence-corrected chi connectivity index (χ2v) is 4.56. The van der Waals surface area contributed by atoms with Crippen LogP contribution in [0.4, 0.5) is 0 Å². The predicted octanol–water partition coefficient (Wildman–Crippen LogP) is 0.424. The Hall–Kier alpha value is -1.59. The molecule has 1 aromatic carbocycles. The second kappa shape index (κ2) is 6.54. The number of hydrogen-bond acceptors (Lipinski definition) is 4. The molecule has 1 atom stereocenters. The Kier molecular flexibility index (Phi) is 4.76. The first kappa shape index (κ1) is 13.8. The highest BCUT2D eigenvalue weighted by atomic mass is 16.5. The van der Waals surface area contributed by atoms with Gasteiger partial charge in [-0.25, -0.2) is 0 Å².